The first-order valence-corrected chi connectivity index (χ1v) is 3.98. The predicted molar refractivity (Wildman–Crippen MR) is 51.6 cm³/mol. The molecule has 0 fully saturated rings. The van der Waals surface area contributed by atoms with E-state index in [1.165, 1.54) is 7.11 Å². The van der Waals surface area contributed by atoms with Crippen molar-refractivity contribution in [3.63, 3.8) is 0 Å². The summed E-state index contributed by atoms with van der Waals surface area (Å²) in [6, 6.07) is 8.97. The first-order valence-electron chi connectivity index (χ1n) is 3.98. The number of quaternary nitrogens is 1. The van der Waals surface area contributed by atoms with Crippen molar-refractivity contribution in [2.45, 2.75) is 0 Å². The standard InChI is InChI=1S/C8H13N3O3/c1-11(13-2,14-10(9)12)8-6-4-3-5-7-8/h3-7H,9H2,1-2H3. The maximum atomic E-state index is 10.6. The van der Waals surface area contributed by atoms with Gasteiger partial charge in [0.1, 0.15) is 14.2 Å². The Labute approximate surface area is 82.0 Å². The number of benzene rings is 1. The van der Waals surface area contributed by atoms with Gasteiger partial charge in [0.15, 0.2) is 0 Å². The molecule has 1 unspecified atom stereocenters. The molecule has 0 radical (unpaired) electrons. The molecule has 0 aliphatic rings. The monoisotopic (exact) mass is 199 g/mol. The third kappa shape index (κ3) is 2.48. The van der Waals surface area contributed by atoms with Crippen LogP contribution in [0.4, 0.5) is 5.69 Å². The summed E-state index contributed by atoms with van der Waals surface area (Å²) < 4.78 is 0. The molecule has 0 aliphatic carbocycles. The maximum absolute atomic E-state index is 10.6. The van der Waals surface area contributed by atoms with Crippen LogP contribution in [0.1, 0.15) is 0 Å². The first kappa shape index (κ1) is 11.1. The highest BCUT2D eigenvalue weighted by molar-refractivity contribution is 5.37. The van der Waals surface area contributed by atoms with Crippen LogP contribution in [0, 0.1) is 5.21 Å². The zero-order chi connectivity index (χ0) is 10.6. The van der Waals surface area contributed by atoms with E-state index in [4.69, 9.17) is 15.6 Å². The fraction of sp³-hybridized carbons (Fsp3) is 0.250. The summed E-state index contributed by atoms with van der Waals surface area (Å²) in [5.41, 5.74) is 0.654. The summed E-state index contributed by atoms with van der Waals surface area (Å²) >= 11 is 0. The Balaban J connectivity index is 2.90. The second-order valence-electron chi connectivity index (χ2n) is 2.73. The van der Waals surface area contributed by atoms with Crippen molar-refractivity contribution in [3.8, 4) is 0 Å². The quantitative estimate of drug-likeness (QED) is 0.439. The van der Waals surface area contributed by atoms with Gasteiger partial charge < -0.3 is 5.21 Å². The van der Waals surface area contributed by atoms with Gasteiger partial charge in [-0.3, -0.25) is 5.84 Å². The first-order chi connectivity index (χ1) is 6.58. The maximum Gasteiger partial charge on any atom is 0.201 e. The molecule has 0 bridgehead atoms. The fourth-order valence-corrected chi connectivity index (χ4v) is 1.04. The molecule has 0 aliphatic heterocycles. The van der Waals surface area contributed by atoms with E-state index in [-0.39, 0.29) is 5.34 Å². The van der Waals surface area contributed by atoms with E-state index in [0.717, 1.165) is 0 Å². The second kappa shape index (κ2) is 4.47. The Hall–Kier alpha value is -1.02. The molecule has 0 amide bonds. The van der Waals surface area contributed by atoms with Gasteiger partial charge >= 0.3 is 0 Å². The Morgan fingerprint density at radius 3 is 2.36 bits per heavy atom. The second-order valence-corrected chi connectivity index (χ2v) is 2.73. The summed E-state index contributed by atoms with van der Waals surface area (Å²) in [7, 11) is 2.96. The van der Waals surface area contributed by atoms with E-state index in [2.05, 4.69) is 0 Å². The molecule has 14 heavy (non-hydrogen) atoms. The number of hydrogen-bond donors (Lipinski definition) is 1. The Morgan fingerprint density at radius 2 is 1.93 bits per heavy atom. The molecule has 1 rings (SSSR count). The Kier molecular flexibility index (Phi) is 3.53. The third-order valence-electron chi connectivity index (χ3n) is 1.81. The van der Waals surface area contributed by atoms with Crippen molar-refractivity contribution in [2.75, 3.05) is 14.2 Å². The van der Waals surface area contributed by atoms with Crippen molar-refractivity contribution in [3.05, 3.63) is 35.5 Å². The topological polar surface area (TPSA) is 70.8 Å². The van der Waals surface area contributed by atoms with Crippen LogP contribution in [-0.2, 0) is 9.78 Å². The lowest BCUT2D eigenvalue weighted by atomic mass is 10.3. The van der Waals surface area contributed by atoms with Gasteiger partial charge in [0.05, 0.1) is 0 Å². The number of nitrogens with zero attached hydrogens (tertiary/aromatic N) is 2. The van der Waals surface area contributed by atoms with E-state index in [1.54, 1.807) is 31.3 Å². The smallest absolute Gasteiger partial charge is 0.201 e. The van der Waals surface area contributed by atoms with Crippen LogP contribution in [-0.4, -0.2) is 19.5 Å². The average Bonchev–Trinajstić information content (AvgIpc) is 2.18. The number of hydroxylamine groups is 2. The van der Waals surface area contributed by atoms with Gasteiger partial charge in [-0.25, -0.2) is 0 Å². The van der Waals surface area contributed by atoms with Crippen molar-refractivity contribution in [1.82, 2.24) is 10.1 Å². The lowest BCUT2D eigenvalue weighted by Gasteiger charge is -2.31. The van der Waals surface area contributed by atoms with E-state index in [0.29, 0.717) is 5.69 Å². The van der Waals surface area contributed by atoms with Crippen LogP contribution in [0.5, 0.6) is 0 Å². The molecule has 0 aromatic heterocycles. The lowest BCUT2D eigenvalue weighted by molar-refractivity contribution is -0.411. The number of rotatable bonds is 4. The van der Waals surface area contributed by atoms with E-state index in [1.807, 2.05) is 6.07 Å². The summed E-state index contributed by atoms with van der Waals surface area (Å²) in [6.07, 6.45) is 0. The van der Waals surface area contributed by atoms with Gasteiger partial charge in [-0.05, 0) is 0 Å². The molecule has 0 saturated heterocycles. The van der Waals surface area contributed by atoms with Gasteiger partial charge in [-0.1, -0.05) is 23.1 Å². The number of hydrazine groups is 1. The van der Waals surface area contributed by atoms with Gasteiger partial charge in [0.2, 0.25) is 5.69 Å². The molecule has 6 heteroatoms. The molecule has 0 spiro atoms. The van der Waals surface area contributed by atoms with Crippen LogP contribution in [0.3, 0.4) is 0 Å². The highest BCUT2D eigenvalue weighted by atomic mass is 17.1. The fourth-order valence-electron chi connectivity index (χ4n) is 1.04. The molecular formula is C8H13N3O3. The molecule has 1 atom stereocenters. The summed E-state index contributed by atoms with van der Waals surface area (Å²) in [6.45, 7) is 0. The third-order valence-corrected chi connectivity index (χ3v) is 1.81. The average molecular weight is 199 g/mol. The van der Waals surface area contributed by atoms with Crippen molar-refractivity contribution >= 4 is 5.69 Å². The highest BCUT2D eigenvalue weighted by Gasteiger charge is 2.29. The minimum atomic E-state index is -0.471. The van der Waals surface area contributed by atoms with Crippen LogP contribution in [0.25, 0.3) is 0 Å². The molecule has 0 saturated carbocycles. The van der Waals surface area contributed by atoms with E-state index < -0.39 is 4.81 Å². The molecule has 78 valence electrons. The molecule has 6 nitrogen and oxygen atoms in total. The van der Waals surface area contributed by atoms with Gasteiger partial charge in [-0.15, -0.1) is 5.34 Å². The lowest BCUT2D eigenvalue weighted by Crippen LogP contribution is -2.49. The van der Waals surface area contributed by atoms with Crippen LogP contribution < -0.4 is 10.7 Å². The molecule has 2 N–H and O–H groups in total. The SMILES string of the molecule is CO[N+](C)(ON(N)[O-])c1ccccc1. The molecule has 0 heterocycles. The summed E-state index contributed by atoms with van der Waals surface area (Å²) in [4.78, 5) is 9.30. The Morgan fingerprint density at radius 1 is 1.36 bits per heavy atom. The van der Waals surface area contributed by atoms with E-state index in [9.17, 15) is 5.21 Å². The molecule has 1 aromatic carbocycles. The number of para-hydroxylation sites is 1. The predicted octanol–water partition coefficient (Wildman–Crippen LogP) is 0.705. The zero-order valence-electron chi connectivity index (χ0n) is 8.08. The van der Waals surface area contributed by atoms with Crippen LogP contribution in [0.15, 0.2) is 30.3 Å². The number of nitrogens with two attached hydrogens (primary N) is 1. The highest BCUT2D eigenvalue weighted by Crippen LogP contribution is 2.21. The van der Waals surface area contributed by atoms with Gasteiger partial charge in [-0.2, -0.15) is 4.84 Å². The van der Waals surface area contributed by atoms with Crippen LogP contribution >= 0.6 is 0 Å². The summed E-state index contributed by atoms with van der Waals surface area (Å²) in [5, 5.41) is 10.4. The van der Waals surface area contributed by atoms with Gasteiger partial charge in [0.25, 0.3) is 0 Å². The zero-order valence-corrected chi connectivity index (χ0v) is 8.08. The molecule has 1 aromatic rings. The van der Waals surface area contributed by atoms with Crippen molar-refractivity contribution in [2.24, 2.45) is 5.84 Å². The summed E-state index contributed by atoms with van der Waals surface area (Å²) in [5.74, 6) is 4.85. The number of hydrogen-bond acceptors (Lipinski definition) is 5. The minimum absolute atomic E-state index is 0.142. The molecular weight excluding hydrogens is 186 g/mol. The Bertz CT molecular complexity index is 280. The van der Waals surface area contributed by atoms with Crippen molar-refractivity contribution in [1.29, 1.82) is 0 Å². The van der Waals surface area contributed by atoms with Crippen molar-refractivity contribution < 1.29 is 9.78 Å². The largest absolute Gasteiger partial charge is 0.744 e. The van der Waals surface area contributed by atoms with E-state index >= 15 is 0 Å². The normalized spacial score (nSPS) is 15.5. The van der Waals surface area contributed by atoms with Gasteiger partial charge in [0, 0.05) is 16.9 Å². The minimum Gasteiger partial charge on any atom is -0.744 e. The van der Waals surface area contributed by atoms with Crippen LogP contribution in [0.2, 0.25) is 0 Å².